The molecule has 0 amide bonds. The van der Waals surface area contributed by atoms with Gasteiger partial charge in [0.2, 0.25) is 11.7 Å². The van der Waals surface area contributed by atoms with Crippen LogP contribution in [0.25, 0.3) is 0 Å². The second-order valence-corrected chi connectivity index (χ2v) is 6.80. The lowest BCUT2D eigenvalue weighted by Crippen LogP contribution is -2.62. The lowest BCUT2D eigenvalue weighted by Gasteiger charge is -2.43. The summed E-state index contributed by atoms with van der Waals surface area (Å²) < 4.78 is 22.4. The van der Waals surface area contributed by atoms with Gasteiger partial charge in [-0.3, -0.25) is 9.59 Å². The zero-order chi connectivity index (χ0) is 19.6. The number of carbonyl (C=O) groups excluding carboxylic acids is 2. The fourth-order valence-corrected chi connectivity index (χ4v) is 3.11. The Labute approximate surface area is 153 Å². The molecule has 0 spiro atoms. The van der Waals surface area contributed by atoms with Crippen molar-refractivity contribution in [3.8, 4) is 0 Å². The second kappa shape index (κ2) is 8.28. The van der Waals surface area contributed by atoms with E-state index in [1.807, 2.05) is 13.8 Å². The summed E-state index contributed by atoms with van der Waals surface area (Å²) in [6.07, 6.45) is -3.38. The van der Waals surface area contributed by atoms with Crippen molar-refractivity contribution < 1.29 is 33.6 Å². The standard InChI is InChI=1S/C18H27NO7/c1-7-11-13(22)14(8(2)3)26-18(19-11)17-16(23-6)15(25-10(5)20)12(21)9(4)24-17/h7-9,12,14-17,21H,1-6H3/b11-7-. The molecule has 146 valence electrons. The molecule has 0 radical (unpaired) electrons. The number of aliphatic imine (C=N–C) groups is 1. The molecule has 8 nitrogen and oxygen atoms in total. The molecule has 0 aromatic rings. The number of esters is 1. The van der Waals surface area contributed by atoms with Crippen LogP contribution in [0, 0.1) is 5.92 Å². The summed E-state index contributed by atoms with van der Waals surface area (Å²) in [5.41, 5.74) is 0.284. The maximum Gasteiger partial charge on any atom is 0.303 e. The average Bonchev–Trinajstić information content (AvgIpc) is 2.58. The van der Waals surface area contributed by atoms with E-state index in [9.17, 15) is 14.7 Å². The molecular weight excluding hydrogens is 342 g/mol. The van der Waals surface area contributed by atoms with E-state index in [1.165, 1.54) is 14.0 Å². The lowest BCUT2D eigenvalue weighted by molar-refractivity contribution is -0.223. The summed E-state index contributed by atoms with van der Waals surface area (Å²) in [6.45, 7) is 8.39. The number of carbonyl (C=O) groups is 2. The number of ether oxygens (including phenoxy) is 4. The van der Waals surface area contributed by atoms with Crippen molar-refractivity contribution in [1.82, 2.24) is 0 Å². The minimum atomic E-state index is -1.06. The highest BCUT2D eigenvalue weighted by Gasteiger charge is 2.50. The topological polar surface area (TPSA) is 104 Å². The van der Waals surface area contributed by atoms with Crippen LogP contribution in [0.3, 0.4) is 0 Å². The molecule has 0 aromatic carbocycles. The van der Waals surface area contributed by atoms with Gasteiger partial charge >= 0.3 is 5.97 Å². The number of allylic oxidation sites excluding steroid dienone is 1. The zero-order valence-electron chi connectivity index (χ0n) is 16.0. The third-order valence-corrected chi connectivity index (χ3v) is 4.49. The molecule has 0 aromatic heterocycles. The Morgan fingerprint density at radius 3 is 2.50 bits per heavy atom. The van der Waals surface area contributed by atoms with E-state index in [1.54, 1.807) is 19.9 Å². The van der Waals surface area contributed by atoms with Crippen LogP contribution in [0.5, 0.6) is 0 Å². The van der Waals surface area contributed by atoms with E-state index < -0.39 is 42.6 Å². The molecule has 6 atom stereocenters. The highest BCUT2D eigenvalue weighted by Crippen LogP contribution is 2.30. The van der Waals surface area contributed by atoms with Crippen LogP contribution < -0.4 is 0 Å². The SMILES string of the molecule is C/C=C1\N=C(C2OC(C)C(O)C(OC(C)=O)C2OC)OC(C(C)C)C1=O. The van der Waals surface area contributed by atoms with E-state index >= 15 is 0 Å². The van der Waals surface area contributed by atoms with Crippen LogP contribution in [0.15, 0.2) is 16.8 Å². The lowest BCUT2D eigenvalue weighted by atomic mass is 9.93. The number of Topliss-reactive ketones (excluding diaryl/α,β-unsaturated/α-hetero) is 1. The van der Waals surface area contributed by atoms with Crippen molar-refractivity contribution in [2.75, 3.05) is 7.11 Å². The second-order valence-electron chi connectivity index (χ2n) is 6.80. The number of aliphatic hydroxyl groups excluding tert-OH is 1. The molecule has 0 aliphatic carbocycles. The number of rotatable bonds is 4. The number of nitrogens with zero attached hydrogens (tertiary/aromatic N) is 1. The number of methoxy groups -OCH3 is 1. The molecule has 1 N–H and O–H groups in total. The Morgan fingerprint density at radius 1 is 1.35 bits per heavy atom. The fourth-order valence-electron chi connectivity index (χ4n) is 3.11. The third kappa shape index (κ3) is 3.97. The summed E-state index contributed by atoms with van der Waals surface area (Å²) in [4.78, 5) is 28.2. The Kier molecular flexibility index (Phi) is 6.54. The Bertz CT molecular complexity index is 613. The van der Waals surface area contributed by atoms with Gasteiger partial charge in [-0.2, -0.15) is 0 Å². The summed E-state index contributed by atoms with van der Waals surface area (Å²) in [5.74, 6) is -0.626. The summed E-state index contributed by atoms with van der Waals surface area (Å²) in [5, 5.41) is 10.4. The molecule has 2 heterocycles. The maximum atomic E-state index is 12.4. The number of hydrogen-bond donors (Lipinski definition) is 1. The van der Waals surface area contributed by atoms with Gasteiger partial charge in [0.05, 0.1) is 6.10 Å². The quantitative estimate of drug-likeness (QED) is 0.582. The number of ketones is 1. The monoisotopic (exact) mass is 369 g/mol. The smallest absolute Gasteiger partial charge is 0.303 e. The predicted molar refractivity (Wildman–Crippen MR) is 92.6 cm³/mol. The van der Waals surface area contributed by atoms with E-state index in [0.29, 0.717) is 0 Å². The molecule has 2 rings (SSSR count). The maximum absolute atomic E-state index is 12.4. The van der Waals surface area contributed by atoms with Crippen molar-refractivity contribution in [3.63, 3.8) is 0 Å². The molecule has 26 heavy (non-hydrogen) atoms. The first-order valence-electron chi connectivity index (χ1n) is 8.70. The van der Waals surface area contributed by atoms with Crippen molar-refractivity contribution in [2.45, 2.75) is 71.2 Å². The van der Waals surface area contributed by atoms with Crippen LogP contribution in [-0.4, -0.2) is 66.5 Å². The summed E-state index contributed by atoms with van der Waals surface area (Å²) >= 11 is 0. The Hall–Kier alpha value is -1.77. The molecule has 0 bridgehead atoms. The van der Waals surface area contributed by atoms with E-state index in [-0.39, 0.29) is 23.3 Å². The van der Waals surface area contributed by atoms with Gasteiger partial charge in [0.15, 0.2) is 18.3 Å². The zero-order valence-corrected chi connectivity index (χ0v) is 16.0. The number of hydrogen-bond acceptors (Lipinski definition) is 8. The van der Waals surface area contributed by atoms with Gasteiger partial charge in [-0.25, -0.2) is 4.99 Å². The molecule has 2 aliphatic heterocycles. The van der Waals surface area contributed by atoms with E-state index in [0.717, 1.165) is 0 Å². The van der Waals surface area contributed by atoms with Gasteiger partial charge in [0.25, 0.3) is 0 Å². The first-order valence-corrected chi connectivity index (χ1v) is 8.70. The van der Waals surface area contributed by atoms with Gasteiger partial charge in [0.1, 0.15) is 17.9 Å². The van der Waals surface area contributed by atoms with Gasteiger partial charge in [-0.15, -0.1) is 0 Å². The van der Waals surface area contributed by atoms with Crippen molar-refractivity contribution >= 4 is 17.7 Å². The first kappa shape index (κ1) is 20.5. The minimum absolute atomic E-state index is 0.0696. The molecule has 6 unspecified atom stereocenters. The van der Waals surface area contributed by atoms with Crippen LogP contribution in [0.2, 0.25) is 0 Å². The van der Waals surface area contributed by atoms with Crippen molar-refractivity contribution in [2.24, 2.45) is 10.9 Å². The Morgan fingerprint density at radius 2 is 2.00 bits per heavy atom. The minimum Gasteiger partial charge on any atom is -0.467 e. The molecule has 1 saturated heterocycles. The third-order valence-electron chi connectivity index (χ3n) is 4.49. The number of aliphatic hydroxyl groups is 1. The highest BCUT2D eigenvalue weighted by molar-refractivity contribution is 6.05. The predicted octanol–water partition coefficient (Wildman–Crippen LogP) is 1.01. The van der Waals surface area contributed by atoms with Crippen LogP contribution in [0.4, 0.5) is 0 Å². The van der Waals surface area contributed by atoms with E-state index in [2.05, 4.69) is 4.99 Å². The van der Waals surface area contributed by atoms with Gasteiger partial charge in [-0.05, 0) is 19.8 Å². The fraction of sp³-hybridized carbons (Fsp3) is 0.722. The summed E-state index contributed by atoms with van der Waals surface area (Å²) in [7, 11) is 1.42. The normalized spacial score (nSPS) is 36.7. The first-order chi connectivity index (χ1) is 12.2. The van der Waals surface area contributed by atoms with Crippen LogP contribution >= 0.6 is 0 Å². The molecule has 2 aliphatic rings. The molecule has 0 saturated carbocycles. The van der Waals surface area contributed by atoms with Crippen molar-refractivity contribution in [1.29, 1.82) is 0 Å². The highest BCUT2D eigenvalue weighted by atomic mass is 16.6. The average molecular weight is 369 g/mol. The van der Waals surface area contributed by atoms with Gasteiger partial charge in [-0.1, -0.05) is 19.9 Å². The van der Waals surface area contributed by atoms with Gasteiger partial charge in [0, 0.05) is 14.0 Å². The molecular formula is C18H27NO7. The van der Waals surface area contributed by atoms with E-state index in [4.69, 9.17) is 18.9 Å². The molecule has 8 heteroatoms. The molecule has 1 fully saturated rings. The Balaban J connectivity index is 2.40. The van der Waals surface area contributed by atoms with Crippen molar-refractivity contribution in [3.05, 3.63) is 11.8 Å². The van der Waals surface area contributed by atoms with Crippen LogP contribution in [-0.2, 0) is 28.5 Å². The van der Waals surface area contributed by atoms with Gasteiger partial charge < -0.3 is 24.1 Å². The largest absolute Gasteiger partial charge is 0.467 e. The summed E-state index contributed by atoms with van der Waals surface area (Å²) in [6, 6.07) is 0. The van der Waals surface area contributed by atoms with Crippen LogP contribution in [0.1, 0.15) is 34.6 Å².